The minimum atomic E-state index is 0.554. The Morgan fingerprint density at radius 3 is 2.45 bits per heavy atom. The van der Waals surface area contributed by atoms with Crippen molar-refractivity contribution in [2.75, 3.05) is 11.1 Å². The minimum Gasteiger partial charge on any atom is -0.397 e. The molecule has 0 atom stereocenters. The van der Waals surface area contributed by atoms with Crippen LogP contribution in [-0.2, 0) is 6.54 Å². The molecule has 2 rings (SSSR count). The van der Waals surface area contributed by atoms with E-state index in [1.807, 2.05) is 12.1 Å². The first-order valence-corrected chi connectivity index (χ1v) is 7.17. The smallest absolute Gasteiger partial charge is 0.0606 e. The summed E-state index contributed by atoms with van der Waals surface area (Å²) in [5.41, 5.74) is 13.1. The van der Waals surface area contributed by atoms with Gasteiger partial charge in [-0.3, -0.25) is 0 Å². The lowest BCUT2D eigenvalue weighted by molar-refractivity contribution is 0.861. The summed E-state index contributed by atoms with van der Waals surface area (Å²) in [6, 6.07) is 12.7. The van der Waals surface area contributed by atoms with Gasteiger partial charge < -0.3 is 11.1 Å². The number of nitrogens with one attached hydrogen (secondary N) is 1. The maximum atomic E-state index is 6.04. The molecule has 0 bridgehead atoms. The Balaban J connectivity index is 2.20. The van der Waals surface area contributed by atoms with Crippen LogP contribution in [-0.4, -0.2) is 0 Å². The third-order valence-corrected chi connectivity index (χ3v) is 3.80. The molecular weight excluding hydrogens is 244 g/mol. The molecule has 0 amide bonds. The van der Waals surface area contributed by atoms with Gasteiger partial charge in [0.25, 0.3) is 0 Å². The van der Waals surface area contributed by atoms with Crippen LogP contribution in [0.1, 0.15) is 42.0 Å². The van der Waals surface area contributed by atoms with Crippen molar-refractivity contribution in [1.82, 2.24) is 0 Å². The predicted molar refractivity (Wildman–Crippen MR) is 88.2 cm³/mol. The van der Waals surface area contributed by atoms with Crippen molar-refractivity contribution in [1.29, 1.82) is 0 Å². The van der Waals surface area contributed by atoms with Crippen molar-refractivity contribution in [2.45, 2.75) is 40.2 Å². The number of nitrogen functional groups attached to an aromatic ring is 1. The summed E-state index contributed by atoms with van der Waals surface area (Å²) in [7, 11) is 0. The zero-order valence-electron chi connectivity index (χ0n) is 12.8. The number of aryl methyl sites for hydroxylation is 2. The SMILES string of the molecule is Cc1ccc(C(C)C)cc1CNc1c(C)cccc1N. The molecule has 3 N–H and O–H groups in total. The molecule has 0 aromatic heterocycles. The Kier molecular flexibility index (Phi) is 4.33. The lowest BCUT2D eigenvalue weighted by atomic mass is 9.97. The number of para-hydroxylation sites is 1. The summed E-state index contributed by atoms with van der Waals surface area (Å²) in [6.07, 6.45) is 0. The van der Waals surface area contributed by atoms with Gasteiger partial charge in [0.1, 0.15) is 0 Å². The molecule has 0 aliphatic rings. The molecule has 0 aliphatic heterocycles. The van der Waals surface area contributed by atoms with Gasteiger partial charge in [0.2, 0.25) is 0 Å². The third kappa shape index (κ3) is 3.13. The summed E-state index contributed by atoms with van der Waals surface area (Å²) in [5.74, 6) is 0.554. The highest BCUT2D eigenvalue weighted by Gasteiger charge is 2.06. The number of benzene rings is 2. The second-order valence-corrected chi connectivity index (χ2v) is 5.73. The maximum absolute atomic E-state index is 6.04. The van der Waals surface area contributed by atoms with Crippen LogP contribution < -0.4 is 11.1 Å². The summed E-state index contributed by atoms with van der Waals surface area (Å²) in [5, 5.41) is 3.48. The van der Waals surface area contributed by atoms with Crippen LogP contribution in [0.5, 0.6) is 0 Å². The van der Waals surface area contributed by atoms with Crippen molar-refractivity contribution in [3.8, 4) is 0 Å². The molecule has 0 heterocycles. The Bertz CT molecular complexity index is 580. The summed E-state index contributed by atoms with van der Waals surface area (Å²) in [6.45, 7) is 9.49. The molecule has 0 saturated carbocycles. The van der Waals surface area contributed by atoms with Crippen LogP contribution in [0.25, 0.3) is 0 Å². The molecule has 0 radical (unpaired) electrons. The molecule has 106 valence electrons. The van der Waals surface area contributed by atoms with Gasteiger partial charge in [-0.05, 0) is 48.1 Å². The molecule has 2 aromatic rings. The van der Waals surface area contributed by atoms with Crippen molar-refractivity contribution >= 4 is 11.4 Å². The molecule has 2 heteroatoms. The number of anilines is 2. The van der Waals surface area contributed by atoms with Crippen LogP contribution >= 0.6 is 0 Å². The molecule has 0 fully saturated rings. The first-order chi connectivity index (χ1) is 9.49. The van der Waals surface area contributed by atoms with E-state index in [1.165, 1.54) is 22.3 Å². The fraction of sp³-hybridized carbons (Fsp3) is 0.333. The zero-order valence-corrected chi connectivity index (χ0v) is 12.8. The van der Waals surface area contributed by atoms with E-state index in [1.54, 1.807) is 0 Å². The summed E-state index contributed by atoms with van der Waals surface area (Å²) < 4.78 is 0. The highest BCUT2D eigenvalue weighted by atomic mass is 14.9. The minimum absolute atomic E-state index is 0.554. The first kappa shape index (κ1) is 14.4. The highest BCUT2D eigenvalue weighted by molar-refractivity contribution is 5.69. The topological polar surface area (TPSA) is 38.0 Å². The Morgan fingerprint density at radius 2 is 1.80 bits per heavy atom. The lowest BCUT2D eigenvalue weighted by Gasteiger charge is -2.15. The van der Waals surface area contributed by atoms with E-state index in [9.17, 15) is 0 Å². The largest absolute Gasteiger partial charge is 0.397 e. The number of hydrogen-bond donors (Lipinski definition) is 2. The van der Waals surface area contributed by atoms with E-state index in [-0.39, 0.29) is 0 Å². The van der Waals surface area contributed by atoms with Gasteiger partial charge in [0, 0.05) is 6.54 Å². The summed E-state index contributed by atoms with van der Waals surface area (Å²) >= 11 is 0. The lowest BCUT2D eigenvalue weighted by Crippen LogP contribution is -2.06. The zero-order chi connectivity index (χ0) is 14.7. The van der Waals surface area contributed by atoms with Gasteiger partial charge in [-0.2, -0.15) is 0 Å². The van der Waals surface area contributed by atoms with Crippen molar-refractivity contribution in [2.24, 2.45) is 0 Å². The normalized spacial score (nSPS) is 10.8. The molecule has 2 nitrogen and oxygen atoms in total. The second-order valence-electron chi connectivity index (χ2n) is 5.73. The monoisotopic (exact) mass is 268 g/mol. The van der Waals surface area contributed by atoms with Crippen LogP contribution in [0.4, 0.5) is 11.4 Å². The van der Waals surface area contributed by atoms with Crippen LogP contribution in [0.15, 0.2) is 36.4 Å². The standard InChI is InChI=1S/C18H24N2/c1-12(2)15-9-8-13(3)16(10-15)11-20-18-14(4)6-5-7-17(18)19/h5-10,12,20H,11,19H2,1-4H3. The molecule has 20 heavy (non-hydrogen) atoms. The number of nitrogens with two attached hydrogens (primary N) is 1. The highest BCUT2D eigenvalue weighted by Crippen LogP contribution is 2.24. The predicted octanol–water partition coefficient (Wildman–Crippen LogP) is 4.62. The molecule has 2 aromatic carbocycles. The van der Waals surface area contributed by atoms with Crippen LogP contribution in [0.2, 0.25) is 0 Å². The summed E-state index contributed by atoms with van der Waals surface area (Å²) in [4.78, 5) is 0. The number of rotatable bonds is 4. The van der Waals surface area contributed by atoms with E-state index >= 15 is 0 Å². The van der Waals surface area contributed by atoms with Gasteiger partial charge in [-0.15, -0.1) is 0 Å². The van der Waals surface area contributed by atoms with E-state index in [4.69, 9.17) is 5.73 Å². The molecular formula is C18H24N2. The maximum Gasteiger partial charge on any atom is 0.0606 e. The fourth-order valence-electron chi connectivity index (χ4n) is 2.36. The van der Waals surface area contributed by atoms with Crippen LogP contribution in [0.3, 0.4) is 0 Å². The third-order valence-electron chi connectivity index (χ3n) is 3.80. The Hall–Kier alpha value is -1.96. The quantitative estimate of drug-likeness (QED) is 0.794. The van der Waals surface area contributed by atoms with E-state index < -0.39 is 0 Å². The van der Waals surface area contributed by atoms with E-state index in [0.717, 1.165) is 17.9 Å². The van der Waals surface area contributed by atoms with Crippen molar-refractivity contribution in [3.05, 3.63) is 58.7 Å². The molecule has 0 saturated heterocycles. The van der Waals surface area contributed by atoms with Crippen molar-refractivity contribution in [3.63, 3.8) is 0 Å². The molecule has 0 spiro atoms. The molecule has 0 aliphatic carbocycles. The number of hydrogen-bond acceptors (Lipinski definition) is 2. The molecule has 0 unspecified atom stereocenters. The van der Waals surface area contributed by atoms with E-state index in [2.05, 4.69) is 57.3 Å². The van der Waals surface area contributed by atoms with Gasteiger partial charge in [0.15, 0.2) is 0 Å². The Morgan fingerprint density at radius 1 is 1.05 bits per heavy atom. The average Bonchev–Trinajstić information content (AvgIpc) is 2.39. The Labute approximate surface area is 122 Å². The fourth-order valence-corrected chi connectivity index (χ4v) is 2.36. The van der Waals surface area contributed by atoms with Crippen LogP contribution in [0, 0.1) is 13.8 Å². The van der Waals surface area contributed by atoms with Gasteiger partial charge in [-0.25, -0.2) is 0 Å². The van der Waals surface area contributed by atoms with Gasteiger partial charge in [0.05, 0.1) is 11.4 Å². The second kappa shape index (κ2) is 6.00. The van der Waals surface area contributed by atoms with Gasteiger partial charge >= 0.3 is 0 Å². The van der Waals surface area contributed by atoms with Gasteiger partial charge in [-0.1, -0.05) is 44.2 Å². The van der Waals surface area contributed by atoms with E-state index in [0.29, 0.717) is 5.92 Å². The average molecular weight is 268 g/mol. The first-order valence-electron chi connectivity index (χ1n) is 7.17. The van der Waals surface area contributed by atoms with Crippen molar-refractivity contribution < 1.29 is 0 Å².